The normalized spacial score (nSPS) is 13.1. The van der Waals surface area contributed by atoms with E-state index in [-0.39, 0.29) is 0 Å². The molecule has 0 aliphatic carbocycles. The molecule has 0 aliphatic heterocycles. The molecule has 0 atom stereocenters. The Morgan fingerprint density at radius 3 is 1.17 bits per heavy atom. The highest BCUT2D eigenvalue weighted by Gasteiger charge is 1.77. The Kier molecular flexibility index (Phi) is 18.5. The van der Waals surface area contributed by atoms with Crippen LogP contribution in [0.15, 0.2) is 72.9 Å². The molecule has 0 fully saturated rings. The molecule has 0 spiro atoms. The quantitative estimate of drug-likeness (QED) is 0.201. The van der Waals surface area contributed by atoms with Gasteiger partial charge < -0.3 is 5.41 Å². The van der Waals surface area contributed by atoms with Gasteiger partial charge in [0.2, 0.25) is 0 Å². The summed E-state index contributed by atoms with van der Waals surface area (Å²) in [6.45, 7) is 2.16. The predicted molar refractivity (Wildman–Crippen MR) is 106 cm³/mol. The summed E-state index contributed by atoms with van der Waals surface area (Å²) in [6.07, 6.45) is 35.9. The van der Waals surface area contributed by atoms with Crippen LogP contribution in [0.3, 0.4) is 0 Å². The maximum Gasteiger partial charge on any atom is -0.00447 e. The van der Waals surface area contributed by atoms with Crippen LogP contribution in [-0.4, -0.2) is 6.21 Å². The van der Waals surface area contributed by atoms with Crippen molar-refractivity contribution in [2.75, 3.05) is 0 Å². The zero-order chi connectivity index (χ0) is 16.8. The van der Waals surface area contributed by atoms with Gasteiger partial charge in [0.15, 0.2) is 0 Å². The summed E-state index contributed by atoms with van der Waals surface area (Å²) in [4.78, 5) is 0. The Morgan fingerprint density at radius 1 is 0.478 bits per heavy atom. The Balaban J connectivity index is 3.49. The second-order valence-electron chi connectivity index (χ2n) is 5.20. The molecular weight excluding hydrogens is 278 g/mol. The zero-order valence-corrected chi connectivity index (χ0v) is 14.7. The molecule has 1 nitrogen and oxygen atoms in total. The second kappa shape index (κ2) is 20.1. The monoisotopic (exact) mass is 311 g/mol. The molecule has 0 saturated heterocycles. The number of allylic oxidation sites excluding steroid dienone is 12. The minimum Gasteiger partial charge on any atom is -0.313 e. The van der Waals surface area contributed by atoms with Crippen molar-refractivity contribution in [3.8, 4) is 0 Å². The molecule has 0 heterocycles. The Bertz CT molecular complexity index is 419. The van der Waals surface area contributed by atoms with E-state index in [4.69, 9.17) is 5.41 Å². The summed E-state index contributed by atoms with van der Waals surface area (Å²) < 4.78 is 0. The zero-order valence-electron chi connectivity index (χ0n) is 14.7. The molecule has 0 aromatic rings. The van der Waals surface area contributed by atoms with E-state index in [2.05, 4.69) is 79.8 Å². The van der Waals surface area contributed by atoms with Crippen molar-refractivity contribution < 1.29 is 0 Å². The van der Waals surface area contributed by atoms with E-state index in [0.717, 1.165) is 51.4 Å². The number of hydrogen-bond donors (Lipinski definition) is 1. The fourth-order valence-corrected chi connectivity index (χ4v) is 1.82. The van der Waals surface area contributed by atoms with Gasteiger partial charge in [0.1, 0.15) is 0 Å². The number of rotatable bonds is 14. The summed E-state index contributed by atoms with van der Waals surface area (Å²) in [5.74, 6) is 0. The van der Waals surface area contributed by atoms with E-state index < -0.39 is 0 Å². The van der Waals surface area contributed by atoms with Gasteiger partial charge >= 0.3 is 0 Å². The molecule has 0 aromatic carbocycles. The molecule has 0 saturated carbocycles. The van der Waals surface area contributed by atoms with Crippen LogP contribution in [0.2, 0.25) is 0 Å². The van der Waals surface area contributed by atoms with Gasteiger partial charge in [-0.3, -0.25) is 0 Å². The lowest BCUT2D eigenvalue weighted by atomic mass is 10.2. The molecule has 0 bridgehead atoms. The Morgan fingerprint density at radius 2 is 0.826 bits per heavy atom. The van der Waals surface area contributed by atoms with Gasteiger partial charge in [0, 0.05) is 0 Å². The summed E-state index contributed by atoms with van der Waals surface area (Å²) in [7, 11) is 0. The molecule has 1 N–H and O–H groups in total. The van der Waals surface area contributed by atoms with Crippen LogP contribution in [0, 0.1) is 5.41 Å². The first kappa shape index (κ1) is 21.1. The molecular formula is C22H33N. The topological polar surface area (TPSA) is 23.9 Å². The van der Waals surface area contributed by atoms with Crippen molar-refractivity contribution in [3.05, 3.63) is 72.9 Å². The lowest BCUT2D eigenvalue weighted by Crippen LogP contribution is -1.69. The lowest BCUT2D eigenvalue weighted by Gasteiger charge is -1.86. The third kappa shape index (κ3) is 20.1. The predicted octanol–water partition coefficient (Wildman–Crippen LogP) is 7.11. The van der Waals surface area contributed by atoms with Crippen LogP contribution in [0.5, 0.6) is 0 Å². The number of unbranched alkanes of at least 4 members (excludes halogenated alkanes) is 1. The van der Waals surface area contributed by atoms with Gasteiger partial charge in [-0.25, -0.2) is 0 Å². The highest BCUT2D eigenvalue weighted by atomic mass is 14.3. The van der Waals surface area contributed by atoms with Crippen molar-refractivity contribution in [3.63, 3.8) is 0 Å². The molecule has 0 rings (SSSR count). The first-order valence-electron chi connectivity index (χ1n) is 8.80. The highest BCUT2D eigenvalue weighted by molar-refractivity contribution is 5.52. The first-order valence-corrected chi connectivity index (χ1v) is 8.80. The number of hydrogen-bond acceptors (Lipinski definition) is 1. The molecule has 0 unspecified atom stereocenters. The number of nitrogens with one attached hydrogen (secondary N) is 1. The summed E-state index contributed by atoms with van der Waals surface area (Å²) in [5.41, 5.74) is 0. The van der Waals surface area contributed by atoms with Crippen LogP contribution in [-0.2, 0) is 0 Å². The van der Waals surface area contributed by atoms with Crippen molar-refractivity contribution >= 4 is 6.21 Å². The van der Waals surface area contributed by atoms with Crippen molar-refractivity contribution in [1.29, 1.82) is 5.41 Å². The maximum atomic E-state index is 6.92. The van der Waals surface area contributed by atoms with E-state index >= 15 is 0 Å². The molecule has 1 heteroatoms. The standard InChI is InChI=1S/C22H33N/c1-2-3-4-5-6-7-8-9-10-11-12-13-14-15-16-17-18-19-20-21-22-23/h3-4,6-7,9-10,12-13,15-16,18-19,22-23H,2,5,8,11,14,17,20-21H2,1H3/b4-3-,7-6-,10-9-,13-12-,16-15-,19-18-,23-22?. The van der Waals surface area contributed by atoms with Crippen molar-refractivity contribution in [1.82, 2.24) is 0 Å². The van der Waals surface area contributed by atoms with E-state index in [1.807, 2.05) is 0 Å². The SMILES string of the molecule is CC/C=C\C/C=C\C/C=C\C/C=C\C/C=C\C/C=C\CCC=N. The van der Waals surface area contributed by atoms with Gasteiger partial charge in [-0.15, -0.1) is 0 Å². The molecule has 126 valence electrons. The maximum absolute atomic E-state index is 6.92. The van der Waals surface area contributed by atoms with Crippen LogP contribution in [0.1, 0.15) is 58.3 Å². The fourth-order valence-electron chi connectivity index (χ4n) is 1.82. The van der Waals surface area contributed by atoms with Crippen LogP contribution in [0.4, 0.5) is 0 Å². The highest BCUT2D eigenvalue weighted by Crippen LogP contribution is 1.97. The molecule has 0 aromatic heterocycles. The summed E-state index contributed by atoms with van der Waals surface area (Å²) in [5, 5.41) is 6.92. The van der Waals surface area contributed by atoms with E-state index in [1.165, 1.54) is 6.21 Å². The smallest absolute Gasteiger partial charge is 0.00447 e. The van der Waals surface area contributed by atoms with E-state index in [1.54, 1.807) is 0 Å². The summed E-state index contributed by atoms with van der Waals surface area (Å²) >= 11 is 0. The molecule has 0 aliphatic rings. The van der Waals surface area contributed by atoms with Gasteiger partial charge in [-0.05, 0) is 57.6 Å². The average molecular weight is 312 g/mol. The second-order valence-corrected chi connectivity index (χ2v) is 5.20. The van der Waals surface area contributed by atoms with Gasteiger partial charge in [0.25, 0.3) is 0 Å². The van der Waals surface area contributed by atoms with E-state index in [9.17, 15) is 0 Å². The fraction of sp³-hybridized carbons (Fsp3) is 0.409. The molecule has 0 amide bonds. The summed E-state index contributed by atoms with van der Waals surface area (Å²) in [6, 6.07) is 0. The third-order valence-corrected chi connectivity index (χ3v) is 3.07. The van der Waals surface area contributed by atoms with E-state index in [0.29, 0.717) is 0 Å². The minimum atomic E-state index is 0.849. The average Bonchev–Trinajstić information content (AvgIpc) is 2.57. The van der Waals surface area contributed by atoms with Crippen LogP contribution in [0.25, 0.3) is 0 Å². The third-order valence-electron chi connectivity index (χ3n) is 3.07. The Hall–Kier alpha value is -1.89. The van der Waals surface area contributed by atoms with Crippen molar-refractivity contribution in [2.45, 2.75) is 58.3 Å². The van der Waals surface area contributed by atoms with Gasteiger partial charge in [-0.1, -0.05) is 79.8 Å². The van der Waals surface area contributed by atoms with Crippen molar-refractivity contribution in [2.24, 2.45) is 0 Å². The van der Waals surface area contributed by atoms with Gasteiger partial charge in [0.05, 0.1) is 0 Å². The van der Waals surface area contributed by atoms with Gasteiger partial charge in [-0.2, -0.15) is 0 Å². The molecule has 0 radical (unpaired) electrons. The Labute approximate surface area is 143 Å². The van der Waals surface area contributed by atoms with Crippen LogP contribution < -0.4 is 0 Å². The molecule has 23 heavy (non-hydrogen) atoms. The lowest BCUT2D eigenvalue weighted by molar-refractivity contribution is 1.10. The minimum absolute atomic E-state index is 0.849. The largest absolute Gasteiger partial charge is 0.313 e. The van der Waals surface area contributed by atoms with Crippen LogP contribution >= 0.6 is 0 Å². The first-order chi connectivity index (χ1) is 11.4.